The lowest BCUT2D eigenvalue weighted by atomic mass is 9.67. The summed E-state index contributed by atoms with van der Waals surface area (Å²) >= 11 is 0. The lowest BCUT2D eigenvalue weighted by Crippen LogP contribution is -2.28. The zero-order chi connectivity index (χ0) is 44.6. The number of para-hydroxylation sites is 2. The van der Waals surface area contributed by atoms with E-state index in [1.807, 2.05) is 0 Å². The van der Waals surface area contributed by atoms with Gasteiger partial charge >= 0.3 is 0 Å². The minimum Gasteiger partial charge on any atom is -0.355 e. The van der Waals surface area contributed by atoms with Gasteiger partial charge in [0.05, 0.1) is 16.4 Å². The maximum Gasteiger partial charge on any atom is 0.0714 e. The first kappa shape index (κ1) is 39.8. The normalized spacial score (nSPS) is 12.3. The predicted molar refractivity (Wildman–Crippen MR) is 283 cm³/mol. The Morgan fingerprint density at radius 2 is 0.836 bits per heavy atom. The Labute approximate surface area is 391 Å². The van der Waals surface area contributed by atoms with Crippen LogP contribution in [0.5, 0.6) is 0 Å². The third-order valence-electron chi connectivity index (χ3n) is 13.5. The van der Waals surface area contributed by atoms with Crippen molar-refractivity contribution in [3.63, 3.8) is 0 Å². The van der Waals surface area contributed by atoms with Gasteiger partial charge in [0.25, 0.3) is 0 Å². The highest BCUT2D eigenvalue weighted by molar-refractivity contribution is 6.10. The SMILES string of the molecule is c1ccc(-c2ccc(-c3ccc4c(c3)c3ccccc3n4-c3ccccc3)cc2)cc1.c1ccc(C2(c3ccccc3)c3ccccc3-c3ccc(Nc4cccc5ccccc45)cc32)cc1. The molecule has 11 aromatic carbocycles. The van der Waals surface area contributed by atoms with E-state index in [4.69, 9.17) is 0 Å². The minimum atomic E-state index is -0.384. The zero-order valence-electron chi connectivity index (χ0n) is 36.9. The number of hydrogen-bond donors (Lipinski definition) is 1. The highest BCUT2D eigenvalue weighted by atomic mass is 15.0. The Kier molecular flexibility index (Phi) is 10.1. The number of rotatable bonds is 7. The molecule has 1 aromatic heterocycles. The number of anilines is 2. The number of fused-ring (bicyclic) bond motifs is 7. The van der Waals surface area contributed by atoms with Crippen molar-refractivity contribution in [3.05, 3.63) is 295 Å². The average molecular weight is 855 g/mol. The second kappa shape index (κ2) is 17.0. The fraction of sp³-hybridized carbons (Fsp3) is 0.0154. The van der Waals surface area contributed by atoms with Gasteiger partial charge in [-0.2, -0.15) is 0 Å². The monoisotopic (exact) mass is 854 g/mol. The van der Waals surface area contributed by atoms with Crippen LogP contribution in [-0.2, 0) is 5.41 Å². The predicted octanol–water partition coefficient (Wildman–Crippen LogP) is 17.1. The van der Waals surface area contributed by atoms with Crippen LogP contribution in [0.4, 0.5) is 11.4 Å². The summed E-state index contributed by atoms with van der Waals surface area (Å²) in [6.07, 6.45) is 0. The Bertz CT molecular complexity index is 3640. The summed E-state index contributed by atoms with van der Waals surface area (Å²) in [5.74, 6) is 0. The second-order valence-corrected chi connectivity index (χ2v) is 17.3. The van der Waals surface area contributed by atoms with Gasteiger partial charge in [0, 0.05) is 33.2 Å². The van der Waals surface area contributed by atoms with Gasteiger partial charge < -0.3 is 9.88 Å². The summed E-state index contributed by atoms with van der Waals surface area (Å²) in [4.78, 5) is 0. The Morgan fingerprint density at radius 1 is 0.313 bits per heavy atom. The molecular weight excluding hydrogens is 809 g/mol. The van der Waals surface area contributed by atoms with Crippen LogP contribution in [0.1, 0.15) is 22.3 Å². The van der Waals surface area contributed by atoms with Crippen molar-refractivity contribution in [1.82, 2.24) is 4.57 Å². The Balaban J connectivity index is 0.000000141. The van der Waals surface area contributed by atoms with E-state index in [2.05, 4.69) is 283 Å². The van der Waals surface area contributed by atoms with Crippen LogP contribution in [0.3, 0.4) is 0 Å². The summed E-state index contributed by atoms with van der Waals surface area (Å²) in [6, 6.07) is 98.0. The van der Waals surface area contributed by atoms with Crippen LogP contribution in [0, 0.1) is 0 Å². The molecule has 1 aliphatic rings. The average Bonchev–Trinajstić information content (AvgIpc) is 3.90. The van der Waals surface area contributed by atoms with Crippen LogP contribution in [-0.4, -0.2) is 4.57 Å². The van der Waals surface area contributed by atoms with Gasteiger partial charge in [-0.05, 0) is 110 Å². The van der Waals surface area contributed by atoms with E-state index in [-0.39, 0.29) is 5.41 Å². The third kappa shape index (κ3) is 6.99. The maximum atomic E-state index is 3.74. The molecule has 67 heavy (non-hydrogen) atoms. The molecule has 0 fully saturated rings. The van der Waals surface area contributed by atoms with Crippen LogP contribution in [0.2, 0.25) is 0 Å². The van der Waals surface area contributed by atoms with E-state index in [9.17, 15) is 0 Å². The second-order valence-electron chi connectivity index (χ2n) is 17.3. The zero-order valence-corrected chi connectivity index (χ0v) is 36.9. The first-order chi connectivity index (χ1) is 33.2. The van der Waals surface area contributed by atoms with E-state index < -0.39 is 0 Å². The lowest BCUT2D eigenvalue weighted by molar-refractivity contribution is 0.769. The van der Waals surface area contributed by atoms with Crippen molar-refractivity contribution in [2.45, 2.75) is 5.41 Å². The fourth-order valence-corrected chi connectivity index (χ4v) is 10.5. The number of aromatic nitrogens is 1. The van der Waals surface area contributed by atoms with Gasteiger partial charge in [-0.15, -0.1) is 0 Å². The summed E-state index contributed by atoms with van der Waals surface area (Å²) in [5.41, 5.74) is 18.3. The molecule has 0 radical (unpaired) electrons. The lowest BCUT2D eigenvalue weighted by Gasteiger charge is -2.34. The highest BCUT2D eigenvalue weighted by Crippen LogP contribution is 2.56. The molecular formula is C65H46N2. The van der Waals surface area contributed by atoms with E-state index in [0.717, 1.165) is 11.4 Å². The molecule has 1 aliphatic carbocycles. The first-order valence-corrected chi connectivity index (χ1v) is 23.1. The van der Waals surface area contributed by atoms with Gasteiger partial charge in [-0.1, -0.05) is 224 Å². The van der Waals surface area contributed by atoms with Gasteiger partial charge in [-0.3, -0.25) is 0 Å². The van der Waals surface area contributed by atoms with Gasteiger partial charge in [0.15, 0.2) is 0 Å². The molecule has 0 amide bonds. The van der Waals surface area contributed by atoms with E-state index in [1.165, 1.54) is 93.9 Å². The Morgan fingerprint density at radius 3 is 1.57 bits per heavy atom. The van der Waals surface area contributed by atoms with E-state index >= 15 is 0 Å². The number of hydrogen-bond acceptors (Lipinski definition) is 1. The molecule has 1 heterocycles. The van der Waals surface area contributed by atoms with Gasteiger partial charge in [-0.25, -0.2) is 0 Å². The quantitative estimate of drug-likeness (QED) is 0.169. The molecule has 0 unspecified atom stereocenters. The third-order valence-corrected chi connectivity index (χ3v) is 13.5. The molecule has 0 bridgehead atoms. The Hall–Kier alpha value is -8.72. The van der Waals surface area contributed by atoms with Crippen LogP contribution in [0.15, 0.2) is 273 Å². The number of benzene rings is 11. The number of nitrogens with one attached hydrogen (secondary N) is 1. The molecule has 0 aliphatic heterocycles. The molecule has 0 saturated heterocycles. The molecule has 13 rings (SSSR count). The molecule has 2 nitrogen and oxygen atoms in total. The molecule has 1 N–H and O–H groups in total. The van der Waals surface area contributed by atoms with Crippen LogP contribution >= 0.6 is 0 Å². The van der Waals surface area contributed by atoms with Crippen molar-refractivity contribution in [3.8, 4) is 39.1 Å². The summed E-state index contributed by atoms with van der Waals surface area (Å²) in [6.45, 7) is 0. The van der Waals surface area contributed by atoms with E-state index in [0.29, 0.717) is 0 Å². The van der Waals surface area contributed by atoms with Gasteiger partial charge in [0.1, 0.15) is 0 Å². The van der Waals surface area contributed by atoms with Crippen molar-refractivity contribution < 1.29 is 0 Å². The van der Waals surface area contributed by atoms with Crippen molar-refractivity contribution in [2.24, 2.45) is 0 Å². The summed E-state index contributed by atoms with van der Waals surface area (Å²) < 4.78 is 2.35. The molecule has 2 heteroatoms. The molecule has 0 spiro atoms. The van der Waals surface area contributed by atoms with Crippen LogP contribution < -0.4 is 5.32 Å². The maximum absolute atomic E-state index is 3.74. The topological polar surface area (TPSA) is 17.0 Å². The van der Waals surface area contributed by atoms with E-state index in [1.54, 1.807) is 0 Å². The molecule has 316 valence electrons. The standard InChI is InChI=1S/C35H25N.C30H21N/c1-3-14-26(15-4-1)35(27-16-5-2-6-17-27)32-20-10-9-19-30(32)31-23-22-28(24-33(31)35)36-34-21-11-13-25-12-7-8-18-29(25)34;1-3-9-22(10-4-1)23-15-17-24(18-16-23)25-19-20-30-28(21-25)27-13-7-8-14-29(27)31(30)26-11-5-2-6-12-26/h1-24,36H;1-21H. The first-order valence-electron chi connectivity index (χ1n) is 23.1. The molecule has 12 aromatic rings. The fourth-order valence-electron chi connectivity index (χ4n) is 10.5. The smallest absolute Gasteiger partial charge is 0.0714 e. The van der Waals surface area contributed by atoms with Crippen molar-refractivity contribution in [1.29, 1.82) is 0 Å². The largest absolute Gasteiger partial charge is 0.355 e. The van der Waals surface area contributed by atoms with Crippen molar-refractivity contribution >= 4 is 44.0 Å². The molecule has 0 atom stereocenters. The number of nitrogens with zero attached hydrogens (tertiary/aromatic N) is 1. The minimum absolute atomic E-state index is 0.384. The van der Waals surface area contributed by atoms with Crippen LogP contribution in [0.25, 0.3) is 71.6 Å². The highest BCUT2D eigenvalue weighted by Gasteiger charge is 2.46. The van der Waals surface area contributed by atoms with Gasteiger partial charge in [0.2, 0.25) is 0 Å². The summed E-state index contributed by atoms with van der Waals surface area (Å²) in [7, 11) is 0. The van der Waals surface area contributed by atoms with Crippen molar-refractivity contribution in [2.75, 3.05) is 5.32 Å². The summed E-state index contributed by atoms with van der Waals surface area (Å²) in [5, 5.41) is 8.77. The molecule has 0 saturated carbocycles.